The topological polar surface area (TPSA) is 21.3 Å². The fourth-order valence-electron chi connectivity index (χ4n) is 9.39. The minimum absolute atomic E-state index is 0.902. The van der Waals surface area contributed by atoms with E-state index in [9.17, 15) is 0 Å². The van der Waals surface area contributed by atoms with Crippen LogP contribution in [0.4, 0.5) is 17.1 Å². The molecule has 0 saturated carbocycles. The van der Waals surface area contributed by atoms with Crippen LogP contribution in [0.2, 0.25) is 0 Å². The number of rotatable bonds is 7. The molecule has 0 aliphatic carbocycles. The molecule has 0 aliphatic heterocycles. The zero-order valence-electron chi connectivity index (χ0n) is 33.2. The van der Waals surface area contributed by atoms with Crippen LogP contribution in [0.3, 0.4) is 0 Å². The molecule has 61 heavy (non-hydrogen) atoms. The molecule has 2 heterocycles. The third-order valence-electron chi connectivity index (χ3n) is 12.2. The first-order valence-electron chi connectivity index (χ1n) is 20.8. The molecule has 3 nitrogen and oxygen atoms in total. The summed E-state index contributed by atoms with van der Waals surface area (Å²) in [6.07, 6.45) is 0. The summed E-state index contributed by atoms with van der Waals surface area (Å²) in [5.74, 6) is 0. The lowest BCUT2D eigenvalue weighted by molar-refractivity contribution is 0.670. The molecule has 0 bridgehead atoms. The summed E-state index contributed by atoms with van der Waals surface area (Å²) in [5.41, 5.74) is 15.4. The SMILES string of the molecule is c1cc(-c2ccccc2-n2c3ccccc3c3ccccc32)cc(N(c2ccc(-c3cccc4ccccc34)cc2)c2ccc(-c3cccc4c3oc3ccccc34)cc2)c1. The van der Waals surface area contributed by atoms with Gasteiger partial charge in [0, 0.05) is 49.7 Å². The molecule has 0 aliphatic rings. The maximum atomic E-state index is 6.46. The van der Waals surface area contributed by atoms with E-state index in [1.165, 1.54) is 43.7 Å². The van der Waals surface area contributed by atoms with Crippen molar-refractivity contribution in [1.29, 1.82) is 0 Å². The zero-order valence-corrected chi connectivity index (χ0v) is 33.2. The van der Waals surface area contributed by atoms with Gasteiger partial charge in [-0.3, -0.25) is 0 Å². The van der Waals surface area contributed by atoms with Gasteiger partial charge in [0.05, 0.1) is 16.7 Å². The predicted molar refractivity (Wildman–Crippen MR) is 257 cm³/mol. The Kier molecular flexibility index (Phi) is 8.17. The van der Waals surface area contributed by atoms with Crippen LogP contribution in [0.25, 0.3) is 93.6 Å². The van der Waals surface area contributed by atoms with E-state index >= 15 is 0 Å². The lowest BCUT2D eigenvalue weighted by atomic mass is 9.98. The molecule has 0 saturated heterocycles. The molecule has 2 aromatic heterocycles. The van der Waals surface area contributed by atoms with Gasteiger partial charge in [-0.15, -0.1) is 0 Å². The van der Waals surface area contributed by atoms with Crippen molar-refractivity contribution in [3.05, 3.63) is 231 Å². The molecule has 0 N–H and O–H groups in total. The van der Waals surface area contributed by atoms with Gasteiger partial charge < -0.3 is 13.9 Å². The Morgan fingerprint density at radius 1 is 0.328 bits per heavy atom. The van der Waals surface area contributed by atoms with Gasteiger partial charge in [0.1, 0.15) is 11.2 Å². The summed E-state index contributed by atoms with van der Waals surface area (Å²) in [5, 5.41) is 7.25. The molecule has 286 valence electrons. The molecule has 3 heteroatoms. The van der Waals surface area contributed by atoms with E-state index in [0.29, 0.717) is 0 Å². The van der Waals surface area contributed by atoms with Crippen molar-refractivity contribution in [2.75, 3.05) is 4.90 Å². The summed E-state index contributed by atoms with van der Waals surface area (Å²) < 4.78 is 8.87. The van der Waals surface area contributed by atoms with Gasteiger partial charge in [0.2, 0.25) is 0 Å². The number of hydrogen-bond acceptors (Lipinski definition) is 2. The average Bonchev–Trinajstić information content (AvgIpc) is 3.88. The highest BCUT2D eigenvalue weighted by atomic mass is 16.3. The standard InChI is InChI=1S/C58H38N2O/c1-2-18-46-39(14-1)15-12-23-47(46)40-30-34-43(35-31-40)59(44-36-32-41(33-37-44)49-24-13-25-53-52-22-6-10-29-57(52)61-58(49)53)45-17-11-16-42(38-45)48-19-3-7-26-54(48)60-55-27-8-4-20-50(55)51-21-5-9-28-56(51)60/h1-38H. The van der Waals surface area contributed by atoms with E-state index in [1.807, 2.05) is 12.1 Å². The number of para-hydroxylation sites is 5. The Hall–Kier alpha value is -8.14. The van der Waals surface area contributed by atoms with E-state index in [0.717, 1.165) is 66.9 Å². The quantitative estimate of drug-likeness (QED) is 0.161. The van der Waals surface area contributed by atoms with Crippen LogP contribution in [0.15, 0.2) is 235 Å². The van der Waals surface area contributed by atoms with E-state index in [2.05, 4.69) is 228 Å². The van der Waals surface area contributed by atoms with Gasteiger partial charge in [0.25, 0.3) is 0 Å². The van der Waals surface area contributed by atoms with E-state index in [1.54, 1.807) is 0 Å². The zero-order chi connectivity index (χ0) is 40.3. The highest BCUT2D eigenvalue weighted by molar-refractivity contribution is 6.11. The number of furan rings is 1. The Bertz CT molecular complexity index is 3530. The maximum Gasteiger partial charge on any atom is 0.143 e. The van der Waals surface area contributed by atoms with Gasteiger partial charge in [0.15, 0.2) is 0 Å². The van der Waals surface area contributed by atoms with Crippen LogP contribution >= 0.6 is 0 Å². The van der Waals surface area contributed by atoms with Crippen LogP contribution < -0.4 is 4.90 Å². The van der Waals surface area contributed by atoms with Crippen molar-refractivity contribution in [3.63, 3.8) is 0 Å². The van der Waals surface area contributed by atoms with Crippen molar-refractivity contribution >= 4 is 71.6 Å². The minimum Gasteiger partial charge on any atom is -0.455 e. The van der Waals surface area contributed by atoms with Crippen LogP contribution in [-0.4, -0.2) is 4.57 Å². The highest BCUT2D eigenvalue weighted by Crippen LogP contribution is 2.42. The average molecular weight is 779 g/mol. The fourth-order valence-corrected chi connectivity index (χ4v) is 9.39. The van der Waals surface area contributed by atoms with Gasteiger partial charge >= 0.3 is 0 Å². The summed E-state index contributed by atoms with van der Waals surface area (Å²) in [4.78, 5) is 2.37. The number of hydrogen-bond donors (Lipinski definition) is 0. The molecule has 0 amide bonds. The lowest BCUT2D eigenvalue weighted by Crippen LogP contribution is -2.10. The molecule has 10 aromatic carbocycles. The molecular weight excluding hydrogens is 741 g/mol. The van der Waals surface area contributed by atoms with Gasteiger partial charge in [-0.05, 0) is 93.7 Å². The van der Waals surface area contributed by atoms with E-state index in [4.69, 9.17) is 4.42 Å². The van der Waals surface area contributed by atoms with Crippen molar-refractivity contribution in [2.45, 2.75) is 0 Å². The van der Waals surface area contributed by atoms with E-state index < -0.39 is 0 Å². The Labute approximate surface area is 353 Å². The Morgan fingerprint density at radius 3 is 1.61 bits per heavy atom. The minimum atomic E-state index is 0.902. The smallest absolute Gasteiger partial charge is 0.143 e. The predicted octanol–water partition coefficient (Wildman–Crippen LogP) is 16.3. The molecule has 0 fully saturated rings. The number of aromatic nitrogens is 1. The van der Waals surface area contributed by atoms with Crippen molar-refractivity contribution < 1.29 is 4.42 Å². The van der Waals surface area contributed by atoms with Crippen LogP contribution in [-0.2, 0) is 0 Å². The summed E-state index contributed by atoms with van der Waals surface area (Å²) in [6.45, 7) is 0. The van der Waals surface area contributed by atoms with Crippen molar-refractivity contribution in [1.82, 2.24) is 4.57 Å². The van der Waals surface area contributed by atoms with Crippen LogP contribution in [0.1, 0.15) is 0 Å². The largest absolute Gasteiger partial charge is 0.455 e. The second kappa shape index (κ2) is 14.3. The second-order valence-electron chi connectivity index (χ2n) is 15.7. The summed E-state index contributed by atoms with van der Waals surface area (Å²) >= 11 is 0. The molecule has 0 atom stereocenters. The van der Waals surface area contributed by atoms with Gasteiger partial charge in [-0.1, -0.05) is 170 Å². The normalized spacial score (nSPS) is 11.6. The van der Waals surface area contributed by atoms with Crippen LogP contribution in [0, 0.1) is 0 Å². The summed E-state index contributed by atoms with van der Waals surface area (Å²) in [7, 11) is 0. The first-order valence-corrected chi connectivity index (χ1v) is 20.8. The Morgan fingerprint density at radius 2 is 0.852 bits per heavy atom. The number of fused-ring (bicyclic) bond motifs is 7. The first-order chi connectivity index (χ1) is 30.3. The van der Waals surface area contributed by atoms with Gasteiger partial charge in [-0.2, -0.15) is 0 Å². The molecule has 12 aromatic rings. The third-order valence-corrected chi connectivity index (χ3v) is 12.2. The summed E-state index contributed by atoms with van der Waals surface area (Å²) in [6, 6.07) is 82.9. The Balaban J connectivity index is 0.996. The fraction of sp³-hybridized carbons (Fsp3) is 0. The van der Waals surface area contributed by atoms with Gasteiger partial charge in [-0.25, -0.2) is 0 Å². The first kappa shape index (κ1) is 34.9. The molecule has 12 rings (SSSR count). The monoisotopic (exact) mass is 778 g/mol. The van der Waals surface area contributed by atoms with Crippen molar-refractivity contribution in [2.24, 2.45) is 0 Å². The molecule has 0 spiro atoms. The van der Waals surface area contributed by atoms with Crippen LogP contribution in [0.5, 0.6) is 0 Å². The third kappa shape index (κ3) is 5.82. The van der Waals surface area contributed by atoms with Crippen molar-refractivity contribution in [3.8, 4) is 39.1 Å². The number of nitrogens with zero attached hydrogens (tertiary/aromatic N) is 2. The van der Waals surface area contributed by atoms with E-state index in [-0.39, 0.29) is 0 Å². The highest BCUT2D eigenvalue weighted by Gasteiger charge is 2.19. The second-order valence-corrected chi connectivity index (χ2v) is 15.7. The maximum absolute atomic E-state index is 6.46. The number of anilines is 3. The molecular formula is C58H38N2O. The number of benzene rings is 10. The lowest BCUT2D eigenvalue weighted by Gasteiger charge is -2.27. The molecule has 0 radical (unpaired) electrons. The molecule has 0 unspecified atom stereocenters.